The molecular weight excluding hydrogens is 350 g/mol. The van der Waals surface area contributed by atoms with E-state index < -0.39 is 21.7 Å². The van der Waals surface area contributed by atoms with Gasteiger partial charge in [-0.3, -0.25) is 9.10 Å². The summed E-state index contributed by atoms with van der Waals surface area (Å²) in [7, 11) is -0.951. The van der Waals surface area contributed by atoms with Crippen molar-refractivity contribution >= 4 is 33.0 Å². The quantitative estimate of drug-likeness (QED) is 0.826. The van der Waals surface area contributed by atoms with Gasteiger partial charge in [0.2, 0.25) is 0 Å². The predicted octanol–water partition coefficient (Wildman–Crippen LogP) is 1.38. The molecule has 2 heterocycles. The Morgan fingerprint density at radius 2 is 1.92 bits per heavy atom. The van der Waals surface area contributed by atoms with Crippen molar-refractivity contribution in [3.05, 3.63) is 51.4 Å². The molecule has 0 aliphatic carbocycles. The number of hydrogen-bond acceptors (Lipinski definition) is 5. The Hall–Kier alpha value is -2.39. The number of likely N-dealkylation sites (N-methyl/N-ethyl adjacent to an activating group) is 1. The third-order valence-corrected chi connectivity index (χ3v) is 6.45. The molecule has 1 aromatic heterocycles. The van der Waals surface area contributed by atoms with Crippen LogP contribution >= 0.6 is 11.3 Å². The molecule has 1 N–H and O–H groups in total. The van der Waals surface area contributed by atoms with E-state index in [1.54, 1.807) is 23.7 Å². The second-order valence-electron chi connectivity index (χ2n) is 5.32. The van der Waals surface area contributed by atoms with Crippen LogP contribution in [0.3, 0.4) is 0 Å². The SMILES string of the molecule is Cc1cn(C)/c(=N\C(=O)C2=C(O)c3ccccc3S(=O)(=O)N2C)s1. The molecule has 0 saturated carbocycles. The zero-order valence-electron chi connectivity index (χ0n) is 13.2. The molecule has 1 aromatic carbocycles. The molecule has 9 heteroatoms. The minimum atomic E-state index is -3.91. The van der Waals surface area contributed by atoms with Gasteiger partial charge < -0.3 is 9.67 Å². The molecule has 1 aliphatic rings. The van der Waals surface area contributed by atoms with Crippen molar-refractivity contribution in [1.29, 1.82) is 0 Å². The smallest absolute Gasteiger partial charge is 0.300 e. The third kappa shape index (κ3) is 2.45. The normalized spacial score (nSPS) is 17.1. The lowest BCUT2D eigenvalue weighted by Crippen LogP contribution is -2.35. The molecule has 0 radical (unpaired) electrons. The summed E-state index contributed by atoms with van der Waals surface area (Å²) in [5.74, 6) is -1.21. The lowest BCUT2D eigenvalue weighted by atomic mass is 10.1. The molecule has 126 valence electrons. The zero-order valence-corrected chi connectivity index (χ0v) is 14.8. The first-order chi connectivity index (χ1) is 11.2. The minimum absolute atomic E-state index is 0.0425. The van der Waals surface area contributed by atoms with Gasteiger partial charge in [0.15, 0.2) is 16.3 Å². The third-order valence-electron chi connectivity index (χ3n) is 3.65. The van der Waals surface area contributed by atoms with Crippen LogP contribution in [0.2, 0.25) is 0 Å². The van der Waals surface area contributed by atoms with E-state index in [0.29, 0.717) is 4.80 Å². The summed E-state index contributed by atoms with van der Waals surface area (Å²) in [6.07, 6.45) is 1.81. The van der Waals surface area contributed by atoms with Crippen LogP contribution in [0.5, 0.6) is 0 Å². The van der Waals surface area contributed by atoms with E-state index in [9.17, 15) is 18.3 Å². The van der Waals surface area contributed by atoms with Gasteiger partial charge in [-0.1, -0.05) is 12.1 Å². The monoisotopic (exact) mass is 365 g/mol. The maximum Gasteiger partial charge on any atom is 0.300 e. The summed E-state index contributed by atoms with van der Waals surface area (Å²) in [6, 6.07) is 6.00. The molecule has 0 bridgehead atoms. The molecular formula is C15H15N3O4S2. The Kier molecular flexibility index (Phi) is 3.84. The molecule has 1 aliphatic heterocycles. The van der Waals surface area contributed by atoms with Crippen LogP contribution in [0, 0.1) is 6.92 Å². The lowest BCUT2D eigenvalue weighted by molar-refractivity contribution is -0.115. The number of aliphatic hydroxyl groups excluding tert-OH is 1. The largest absolute Gasteiger partial charge is 0.505 e. The van der Waals surface area contributed by atoms with E-state index in [1.165, 1.54) is 30.5 Å². The van der Waals surface area contributed by atoms with Gasteiger partial charge in [-0.05, 0) is 19.1 Å². The number of carbonyl (C=O) groups excluding carboxylic acids is 1. The van der Waals surface area contributed by atoms with Crippen LogP contribution in [-0.4, -0.2) is 35.4 Å². The van der Waals surface area contributed by atoms with Crippen molar-refractivity contribution in [2.24, 2.45) is 12.0 Å². The van der Waals surface area contributed by atoms with Gasteiger partial charge in [0.25, 0.3) is 10.0 Å². The summed E-state index contributed by atoms with van der Waals surface area (Å²) in [5, 5.41) is 10.4. The van der Waals surface area contributed by atoms with Crippen LogP contribution < -0.4 is 4.80 Å². The summed E-state index contributed by atoms with van der Waals surface area (Å²) >= 11 is 1.30. The number of aliphatic hydroxyl groups is 1. The standard InChI is InChI=1S/C15H15N3O4S2/c1-9-8-17(2)15(23-9)16-14(20)12-13(19)10-6-4-5-7-11(10)24(21,22)18(12)3/h4-8,19H,1-3H3/b16-15+. The lowest BCUT2D eigenvalue weighted by Gasteiger charge is -2.27. The number of aromatic nitrogens is 1. The van der Waals surface area contributed by atoms with Crippen LogP contribution in [0.15, 0.2) is 46.0 Å². The first kappa shape index (κ1) is 16.5. The van der Waals surface area contributed by atoms with Crippen LogP contribution in [0.1, 0.15) is 10.4 Å². The Bertz CT molecular complexity index is 1040. The second-order valence-corrected chi connectivity index (χ2v) is 8.47. The van der Waals surface area contributed by atoms with Crippen molar-refractivity contribution in [3.8, 4) is 0 Å². The molecule has 0 fully saturated rings. The Labute approximate surface area is 142 Å². The van der Waals surface area contributed by atoms with E-state index in [-0.39, 0.29) is 16.2 Å². The highest BCUT2D eigenvalue weighted by atomic mass is 32.2. The molecule has 0 unspecified atom stereocenters. The zero-order chi connectivity index (χ0) is 17.6. The average molecular weight is 365 g/mol. The summed E-state index contributed by atoms with van der Waals surface area (Å²) in [4.78, 5) is 17.8. The molecule has 3 rings (SSSR count). The van der Waals surface area contributed by atoms with E-state index in [1.807, 2.05) is 13.1 Å². The number of aryl methyl sites for hydroxylation is 2. The maximum atomic E-state index is 12.6. The van der Waals surface area contributed by atoms with Gasteiger partial charge in [0, 0.05) is 30.7 Å². The first-order valence-electron chi connectivity index (χ1n) is 6.97. The van der Waals surface area contributed by atoms with Crippen molar-refractivity contribution in [2.75, 3.05) is 7.05 Å². The van der Waals surface area contributed by atoms with Crippen LogP contribution in [0.4, 0.5) is 0 Å². The maximum absolute atomic E-state index is 12.6. The fourth-order valence-electron chi connectivity index (χ4n) is 2.48. The van der Waals surface area contributed by atoms with E-state index >= 15 is 0 Å². The van der Waals surface area contributed by atoms with Crippen molar-refractivity contribution < 1.29 is 18.3 Å². The highest BCUT2D eigenvalue weighted by Gasteiger charge is 2.37. The highest BCUT2D eigenvalue weighted by Crippen LogP contribution is 2.34. The molecule has 0 saturated heterocycles. The number of nitrogens with zero attached hydrogens (tertiary/aromatic N) is 3. The van der Waals surface area contributed by atoms with Gasteiger partial charge in [0.1, 0.15) is 0 Å². The van der Waals surface area contributed by atoms with Crippen molar-refractivity contribution in [1.82, 2.24) is 8.87 Å². The van der Waals surface area contributed by atoms with Crippen molar-refractivity contribution in [2.45, 2.75) is 11.8 Å². The van der Waals surface area contributed by atoms with Gasteiger partial charge in [-0.25, -0.2) is 8.42 Å². The number of rotatable bonds is 1. The van der Waals surface area contributed by atoms with Gasteiger partial charge in [-0.15, -0.1) is 11.3 Å². The number of hydrogen-bond donors (Lipinski definition) is 1. The fourth-order valence-corrected chi connectivity index (χ4v) is 4.70. The molecule has 2 aromatic rings. The number of amides is 1. The number of sulfonamides is 1. The number of benzene rings is 1. The topological polar surface area (TPSA) is 92.0 Å². The summed E-state index contributed by atoms with van der Waals surface area (Å²) < 4.78 is 27.6. The van der Waals surface area contributed by atoms with Crippen molar-refractivity contribution in [3.63, 3.8) is 0 Å². The number of carbonyl (C=O) groups is 1. The number of thiazole rings is 1. The Balaban J connectivity index is 2.22. The molecule has 0 atom stereocenters. The van der Waals surface area contributed by atoms with E-state index in [2.05, 4.69) is 4.99 Å². The molecule has 7 nitrogen and oxygen atoms in total. The predicted molar refractivity (Wildman–Crippen MR) is 89.5 cm³/mol. The highest BCUT2D eigenvalue weighted by molar-refractivity contribution is 7.89. The van der Waals surface area contributed by atoms with Gasteiger partial charge in [0.05, 0.1) is 4.90 Å². The Morgan fingerprint density at radius 3 is 2.54 bits per heavy atom. The van der Waals surface area contributed by atoms with Gasteiger partial charge >= 0.3 is 5.91 Å². The molecule has 0 spiro atoms. The molecule has 24 heavy (non-hydrogen) atoms. The van der Waals surface area contributed by atoms with Gasteiger partial charge in [-0.2, -0.15) is 4.99 Å². The minimum Gasteiger partial charge on any atom is -0.505 e. The molecule has 1 amide bonds. The Morgan fingerprint density at radius 1 is 1.25 bits per heavy atom. The van der Waals surface area contributed by atoms with Crippen LogP contribution in [-0.2, 0) is 21.9 Å². The fraction of sp³-hybridized carbons (Fsp3) is 0.200. The number of fused-ring (bicyclic) bond motifs is 1. The second kappa shape index (κ2) is 5.60. The average Bonchev–Trinajstić information content (AvgIpc) is 2.83. The van der Waals surface area contributed by atoms with E-state index in [4.69, 9.17) is 0 Å². The van der Waals surface area contributed by atoms with E-state index in [0.717, 1.165) is 9.18 Å². The summed E-state index contributed by atoms with van der Waals surface area (Å²) in [5.41, 5.74) is -0.263. The summed E-state index contributed by atoms with van der Waals surface area (Å²) in [6.45, 7) is 1.87. The van der Waals surface area contributed by atoms with Crippen LogP contribution in [0.25, 0.3) is 5.76 Å². The first-order valence-corrected chi connectivity index (χ1v) is 9.23.